The molecule has 0 aromatic heterocycles. The second kappa shape index (κ2) is 14.3. The molecule has 2 heterocycles. The minimum atomic E-state index is -3.71. The fraction of sp³-hybridized carbons (Fsp3) is 0.583. The van der Waals surface area contributed by atoms with Crippen molar-refractivity contribution in [2.24, 2.45) is 0 Å². The second-order valence-electron chi connectivity index (χ2n) is 13.6. The zero-order valence-electron chi connectivity index (χ0n) is 28.7. The van der Waals surface area contributed by atoms with Crippen LogP contribution < -0.4 is 20.1 Å². The van der Waals surface area contributed by atoms with Crippen molar-refractivity contribution in [2.45, 2.75) is 45.6 Å². The van der Waals surface area contributed by atoms with E-state index >= 15 is 0 Å². The molecule has 10 heteroatoms. The minimum Gasteiger partial charge on any atom is -0.378 e. The fourth-order valence-electron chi connectivity index (χ4n) is 6.91. The summed E-state index contributed by atoms with van der Waals surface area (Å²) in [5, 5.41) is 2.21. The third-order valence-corrected chi connectivity index (χ3v) is 11.2. The topological polar surface area (TPSA) is 80.6 Å². The zero-order valence-corrected chi connectivity index (χ0v) is 29.5. The van der Waals surface area contributed by atoms with E-state index < -0.39 is 10.0 Å². The van der Waals surface area contributed by atoms with E-state index in [4.69, 9.17) is 18.9 Å². The molecule has 0 radical (unpaired) electrons. The molecule has 2 aromatic carbocycles. The molecule has 9 nitrogen and oxygen atoms in total. The smallest absolute Gasteiger partial charge is 0.218 e. The first-order chi connectivity index (χ1) is 21.8. The number of hydrogen-bond donors (Lipinski definition) is 0. The van der Waals surface area contributed by atoms with E-state index in [1.54, 1.807) is 0 Å². The highest BCUT2D eigenvalue weighted by Crippen LogP contribution is 2.37. The van der Waals surface area contributed by atoms with Crippen molar-refractivity contribution in [2.75, 3.05) is 97.2 Å². The maximum Gasteiger partial charge on any atom is 0.218 e. The normalized spacial score (nSPS) is 21.0. The molecule has 1 saturated heterocycles. The molecule has 1 fully saturated rings. The summed E-state index contributed by atoms with van der Waals surface area (Å²) < 4.78 is 54.7. The predicted octanol–water partition coefficient (Wildman–Crippen LogP) is 2.62. The summed E-state index contributed by atoms with van der Waals surface area (Å²) in [6.45, 7) is 15.6. The van der Waals surface area contributed by atoms with Crippen molar-refractivity contribution >= 4 is 27.4 Å². The van der Waals surface area contributed by atoms with Crippen LogP contribution in [0.5, 0.6) is 0 Å². The van der Waals surface area contributed by atoms with Crippen LogP contribution in [-0.2, 0) is 34.4 Å². The number of likely N-dealkylation sites (N-methyl/N-ethyl adjacent to an activating group) is 1. The number of rotatable bonds is 5. The largest absolute Gasteiger partial charge is 0.378 e. The van der Waals surface area contributed by atoms with Gasteiger partial charge in [-0.05, 0) is 64.8 Å². The van der Waals surface area contributed by atoms with Gasteiger partial charge in [-0.25, -0.2) is 13.0 Å². The Labute approximate surface area is 275 Å². The summed E-state index contributed by atoms with van der Waals surface area (Å²) in [7, 11) is 0.432. The number of benzene rings is 2. The third kappa shape index (κ3) is 7.42. The van der Waals surface area contributed by atoms with Crippen LogP contribution in [0.1, 0.15) is 56.9 Å². The van der Waals surface area contributed by atoms with E-state index in [2.05, 4.69) is 101 Å². The Morgan fingerprint density at radius 2 is 1.41 bits per heavy atom. The van der Waals surface area contributed by atoms with Gasteiger partial charge < -0.3 is 23.8 Å². The maximum atomic E-state index is 14.2. The number of anilines is 1. The lowest BCUT2D eigenvalue weighted by Gasteiger charge is -2.34. The Morgan fingerprint density at radius 1 is 0.826 bits per heavy atom. The van der Waals surface area contributed by atoms with Crippen molar-refractivity contribution in [1.82, 2.24) is 8.88 Å². The van der Waals surface area contributed by atoms with E-state index in [-0.39, 0.29) is 43.0 Å². The summed E-state index contributed by atoms with van der Waals surface area (Å²) in [6.07, 6.45) is 4.40. The van der Waals surface area contributed by atoms with Crippen LogP contribution in [-0.4, -0.2) is 111 Å². The van der Waals surface area contributed by atoms with E-state index in [1.165, 1.54) is 26.7 Å². The van der Waals surface area contributed by atoms with Gasteiger partial charge in [-0.3, -0.25) is 0 Å². The monoisotopic (exact) mass is 654 g/mol. The van der Waals surface area contributed by atoms with Gasteiger partial charge in [0.05, 0.1) is 64.2 Å². The number of hydrogen-bond acceptors (Lipinski definition) is 7. The van der Waals surface area contributed by atoms with Crippen molar-refractivity contribution in [3.63, 3.8) is 0 Å². The molecule has 252 valence electrons. The second-order valence-corrected chi connectivity index (χ2v) is 15.5. The van der Waals surface area contributed by atoms with Gasteiger partial charge in [-0.1, -0.05) is 19.9 Å². The maximum absolute atomic E-state index is 14.2. The molecular weight excluding hydrogens is 602 g/mol. The number of fused-ring (bicyclic) bond motifs is 3. The molecule has 2 aliphatic heterocycles. The standard InChI is InChI=1S/C36H52N3O6S/c1-8-39-34-24-33-28(21-27-9-10-30(37(6)7)23-32(27)36(33,4)5)22-31(34)29(25-35(39,2)3)26-46(40,41)38-11-13-42-15-17-44-19-20-45-18-16-43-14-12-38/h9-10,21-25H,8,11-20,26H2,1-7H3/q+1. The van der Waals surface area contributed by atoms with E-state index in [9.17, 15) is 8.42 Å². The van der Waals surface area contributed by atoms with Gasteiger partial charge in [0.1, 0.15) is 6.54 Å². The molecule has 2 aromatic rings. The van der Waals surface area contributed by atoms with Crippen molar-refractivity contribution < 1.29 is 27.4 Å². The van der Waals surface area contributed by atoms with E-state index in [1.807, 2.05) is 0 Å². The van der Waals surface area contributed by atoms with Gasteiger partial charge in [-0.2, -0.15) is 4.31 Å². The summed E-state index contributed by atoms with van der Waals surface area (Å²) >= 11 is 0. The molecular formula is C36H52N3O6S+. The lowest BCUT2D eigenvalue weighted by Crippen LogP contribution is -2.51. The number of sulfonamides is 1. The SMILES string of the molecule is CC[N+]1=c2cc3c(cc2C(CS(=O)(=O)N2CCOCCOCCOCCOCC2)=CC1(C)C)=Cc1ccc(N(C)C)cc1C3(C)C. The van der Waals surface area contributed by atoms with Crippen molar-refractivity contribution in [3.8, 4) is 0 Å². The minimum absolute atomic E-state index is 0.0990. The van der Waals surface area contributed by atoms with Crippen LogP contribution >= 0.6 is 0 Å². The van der Waals surface area contributed by atoms with Gasteiger partial charge in [-0.15, -0.1) is 0 Å². The fourth-order valence-corrected chi connectivity index (χ4v) is 8.43. The molecule has 0 spiro atoms. The number of ether oxygens (including phenoxy) is 4. The summed E-state index contributed by atoms with van der Waals surface area (Å²) in [5.74, 6) is -0.0990. The average molecular weight is 655 g/mol. The number of nitrogens with zero attached hydrogens (tertiary/aromatic N) is 3. The van der Waals surface area contributed by atoms with Gasteiger partial charge in [0.25, 0.3) is 0 Å². The first-order valence-electron chi connectivity index (χ1n) is 16.5. The Hall–Kier alpha value is -2.60. The summed E-state index contributed by atoms with van der Waals surface area (Å²) in [5.41, 5.74) is 6.11. The van der Waals surface area contributed by atoms with Gasteiger partial charge in [0.2, 0.25) is 15.4 Å². The quantitative estimate of drug-likeness (QED) is 0.459. The Balaban J connectivity index is 1.53. The molecule has 46 heavy (non-hydrogen) atoms. The highest BCUT2D eigenvalue weighted by molar-refractivity contribution is 7.89. The molecule has 0 atom stereocenters. The van der Waals surface area contributed by atoms with Gasteiger partial charge in [0.15, 0.2) is 5.54 Å². The van der Waals surface area contributed by atoms with Crippen LogP contribution in [0, 0.1) is 0 Å². The van der Waals surface area contributed by atoms with Crippen LogP contribution in [0.2, 0.25) is 0 Å². The predicted molar refractivity (Wildman–Crippen MR) is 185 cm³/mol. The third-order valence-electron chi connectivity index (χ3n) is 9.37. The van der Waals surface area contributed by atoms with Crippen LogP contribution in [0.15, 0.2) is 36.4 Å². The van der Waals surface area contributed by atoms with Crippen LogP contribution in [0.25, 0.3) is 11.6 Å². The van der Waals surface area contributed by atoms with Crippen LogP contribution in [0.4, 0.5) is 5.69 Å². The Morgan fingerprint density at radius 3 is 1.98 bits per heavy atom. The molecule has 0 unspecified atom stereocenters. The van der Waals surface area contributed by atoms with Gasteiger partial charge in [0, 0.05) is 58.2 Å². The highest BCUT2D eigenvalue weighted by atomic mass is 32.2. The van der Waals surface area contributed by atoms with Gasteiger partial charge >= 0.3 is 0 Å². The van der Waals surface area contributed by atoms with Crippen LogP contribution in [0.3, 0.4) is 0 Å². The zero-order chi connectivity index (χ0) is 33.1. The first kappa shape index (κ1) is 34.7. The molecule has 5 rings (SSSR count). The Kier molecular flexibility index (Phi) is 10.8. The van der Waals surface area contributed by atoms with E-state index in [0.717, 1.165) is 28.3 Å². The van der Waals surface area contributed by atoms with Crippen molar-refractivity contribution in [1.29, 1.82) is 0 Å². The summed E-state index contributed by atoms with van der Waals surface area (Å²) in [4.78, 5) is 2.14. The average Bonchev–Trinajstić information content (AvgIpc) is 3.00. The Bertz CT molecular complexity index is 1660. The molecule has 0 saturated carbocycles. The van der Waals surface area contributed by atoms with Crippen molar-refractivity contribution in [3.05, 3.63) is 69.2 Å². The van der Waals surface area contributed by atoms with E-state index in [0.29, 0.717) is 39.6 Å². The molecule has 0 amide bonds. The molecule has 1 aliphatic carbocycles. The molecule has 0 bridgehead atoms. The summed E-state index contributed by atoms with van der Waals surface area (Å²) in [6, 6.07) is 11.2. The molecule has 0 N–H and O–H groups in total. The lowest BCUT2D eigenvalue weighted by molar-refractivity contribution is 0.00206. The highest BCUT2D eigenvalue weighted by Gasteiger charge is 2.38. The lowest BCUT2D eigenvalue weighted by atomic mass is 9.71. The first-order valence-corrected chi connectivity index (χ1v) is 18.1. The molecule has 3 aliphatic rings.